The van der Waals surface area contributed by atoms with Crippen LogP contribution >= 0.6 is 0 Å². The highest BCUT2D eigenvalue weighted by Crippen LogP contribution is 2.21. The van der Waals surface area contributed by atoms with E-state index in [0.717, 1.165) is 18.7 Å². The first-order chi connectivity index (χ1) is 12.9. The van der Waals surface area contributed by atoms with Crippen LogP contribution in [0.4, 0.5) is 15.8 Å². The van der Waals surface area contributed by atoms with Crippen molar-refractivity contribution in [2.24, 2.45) is 13.0 Å². The van der Waals surface area contributed by atoms with Gasteiger partial charge in [-0.2, -0.15) is 5.10 Å². The zero-order valence-electron chi connectivity index (χ0n) is 14.8. The van der Waals surface area contributed by atoms with Crippen LogP contribution in [0.25, 0.3) is 0 Å². The Kier molecular flexibility index (Phi) is 5.49. The average Bonchev–Trinajstić information content (AvgIpc) is 3.13. The predicted molar refractivity (Wildman–Crippen MR) is 97.8 cm³/mol. The predicted octanol–water partition coefficient (Wildman–Crippen LogP) is 0.501. The monoisotopic (exact) mass is 373 g/mol. The van der Waals surface area contributed by atoms with E-state index in [2.05, 4.69) is 15.7 Å². The molecule has 0 aliphatic carbocycles. The number of benzene rings is 1. The topological polar surface area (TPSA) is 96.3 Å². The maximum absolute atomic E-state index is 13.5. The summed E-state index contributed by atoms with van der Waals surface area (Å²) in [6, 6.07) is 7.17. The van der Waals surface area contributed by atoms with Gasteiger partial charge in [0.05, 0.1) is 17.6 Å². The number of anilines is 2. The van der Waals surface area contributed by atoms with Gasteiger partial charge in [-0.1, -0.05) is 12.1 Å². The quantitative estimate of drug-likeness (QED) is 0.761. The Morgan fingerprint density at radius 1 is 1.30 bits per heavy atom. The Balaban J connectivity index is 1.49. The zero-order chi connectivity index (χ0) is 19.4. The lowest BCUT2D eigenvalue weighted by Gasteiger charge is -2.18. The molecule has 3 rings (SSSR count). The molecule has 2 N–H and O–H groups in total. The molecule has 1 aromatic heterocycles. The van der Waals surface area contributed by atoms with Gasteiger partial charge in [-0.05, 0) is 24.5 Å². The highest BCUT2D eigenvalue weighted by atomic mass is 19.1. The Morgan fingerprint density at radius 2 is 2.07 bits per heavy atom. The molecule has 0 bridgehead atoms. The fourth-order valence-electron chi connectivity index (χ4n) is 2.93. The van der Waals surface area contributed by atoms with Gasteiger partial charge in [-0.3, -0.25) is 14.4 Å². The van der Waals surface area contributed by atoms with Crippen molar-refractivity contribution in [1.82, 2.24) is 15.1 Å². The van der Waals surface area contributed by atoms with Crippen LogP contribution in [0, 0.1) is 11.7 Å². The van der Waals surface area contributed by atoms with Crippen LogP contribution in [0.1, 0.15) is 6.42 Å². The van der Waals surface area contributed by atoms with E-state index in [-0.39, 0.29) is 17.2 Å². The summed E-state index contributed by atoms with van der Waals surface area (Å²) in [7, 11) is 1.58. The number of rotatable bonds is 4. The summed E-state index contributed by atoms with van der Waals surface area (Å²) in [5, 5.41) is 8.83. The Labute approximate surface area is 155 Å². The van der Waals surface area contributed by atoms with Crippen molar-refractivity contribution >= 4 is 23.2 Å². The summed E-state index contributed by atoms with van der Waals surface area (Å²) in [6.07, 6.45) is 2.44. The molecule has 0 radical (unpaired) electrons. The van der Waals surface area contributed by atoms with Crippen molar-refractivity contribution in [1.29, 1.82) is 0 Å². The molecule has 0 saturated carbocycles. The fourth-order valence-corrected chi connectivity index (χ4v) is 2.93. The number of hydrogen-bond donors (Lipinski definition) is 2. The molecule has 142 valence electrons. The van der Waals surface area contributed by atoms with Crippen molar-refractivity contribution in [3.63, 3.8) is 0 Å². The summed E-state index contributed by atoms with van der Waals surface area (Å²) < 4.78 is 14.8. The van der Waals surface area contributed by atoms with Gasteiger partial charge < -0.3 is 15.5 Å². The van der Waals surface area contributed by atoms with E-state index in [1.807, 2.05) is 4.90 Å². The van der Waals surface area contributed by atoms with Gasteiger partial charge in [0.2, 0.25) is 0 Å². The molecule has 27 heavy (non-hydrogen) atoms. The van der Waals surface area contributed by atoms with Gasteiger partial charge in [0.15, 0.2) is 0 Å². The highest BCUT2D eigenvalue weighted by Gasteiger charge is 2.25. The third-order valence-electron chi connectivity index (χ3n) is 4.48. The number of hydrogen-bond acceptors (Lipinski definition) is 5. The largest absolute Gasteiger partial charge is 0.370 e. The maximum atomic E-state index is 13.5. The summed E-state index contributed by atoms with van der Waals surface area (Å²) in [4.78, 5) is 37.5. The van der Waals surface area contributed by atoms with Gasteiger partial charge in [0, 0.05) is 32.7 Å². The first kappa shape index (κ1) is 18.6. The van der Waals surface area contributed by atoms with E-state index in [0.29, 0.717) is 13.1 Å². The molecule has 2 aromatic rings. The van der Waals surface area contributed by atoms with Crippen LogP contribution in [0.2, 0.25) is 0 Å². The number of nitrogens with one attached hydrogen (secondary N) is 2. The van der Waals surface area contributed by atoms with Gasteiger partial charge in [-0.25, -0.2) is 9.07 Å². The number of aromatic nitrogens is 2. The molecule has 1 aliphatic heterocycles. The lowest BCUT2D eigenvalue weighted by atomic mass is 10.1. The molecular formula is C18H20FN5O3. The van der Waals surface area contributed by atoms with Crippen LogP contribution in [-0.2, 0) is 16.6 Å². The number of amides is 2. The molecule has 1 saturated heterocycles. The molecule has 9 heteroatoms. The number of carbonyl (C=O) groups is 2. The van der Waals surface area contributed by atoms with E-state index in [1.165, 1.54) is 28.9 Å². The second-order valence-corrected chi connectivity index (χ2v) is 6.42. The standard InChI is InChI=1S/C18H20FN5O3/c1-23-16(25)8-13(10-21-23)24-7-6-12(11-24)9-20-17(26)18(27)22-15-5-3-2-4-14(15)19/h2-5,8,10,12H,6-7,9,11H2,1H3,(H,20,26)(H,22,27). The molecule has 8 nitrogen and oxygen atoms in total. The van der Waals surface area contributed by atoms with Gasteiger partial charge in [0.1, 0.15) is 5.82 Å². The molecule has 1 fully saturated rings. The average molecular weight is 373 g/mol. The first-order valence-corrected chi connectivity index (χ1v) is 8.56. The summed E-state index contributed by atoms with van der Waals surface area (Å²) in [5.41, 5.74) is 0.515. The number of nitrogens with zero attached hydrogens (tertiary/aromatic N) is 3. The summed E-state index contributed by atoms with van der Waals surface area (Å²) >= 11 is 0. The second kappa shape index (κ2) is 7.98. The number of aryl methyl sites for hydroxylation is 1. The van der Waals surface area contributed by atoms with Gasteiger partial charge >= 0.3 is 11.8 Å². The lowest BCUT2D eigenvalue weighted by Crippen LogP contribution is -2.38. The fraction of sp³-hybridized carbons (Fsp3) is 0.333. The second-order valence-electron chi connectivity index (χ2n) is 6.42. The van der Waals surface area contributed by atoms with E-state index in [4.69, 9.17) is 0 Å². The number of para-hydroxylation sites is 1. The third kappa shape index (κ3) is 4.49. The van der Waals surface area contributed by atoms with Crippen LogP contribution in [0.3, 0.4) is 0 Å². The molecule has 1 aromatic carbocycles. The minimum absolute atomic E-state index is 0.0390. The maximum Gasteiger partial charge on any atom is 0.313 e. The van der Waals surface area contributed by atoms with Crippen molar-refractivity contribution in [3.05, 3.63) is 52.7 Å². The van der Waals surface area contributed by atoms with E-state index in [1.54, 1.807) is 19.3 Å². The van der Waals surface area contributed by atoms with Crippen LogP contribution < -0.4 is 21.1 Å². The zero-order valence-corrected chi connectivity index (χ0v) is 14.8. The van der Waals surface area contributed by atoms with E-state index in [9.17, 15) is 18.8 Å². The first-order valence-electron chi connectivity index (χ1n) is 8.56. The molecule has 2 heterocycles. The Hall–Kier alpha value is -3.23. The van der Waals surface area contributed by atoms with Crippen LogP contribution in [0.15, 0.2) is 41.3 Å². The van der Waals surface area contributed by atoms with Crippen LogP contribution in [0.5, 0.6) is 0 Å². The minimum atomic E-state index is -0.911. The SMILES string of the molecule is Cn1ncc(N2CCC(CNC(=O)C(=O)Nc3ccccc3F)C2)cc1=O. The Bertz CT molecular complexity index is 914. The lowest BCUT2D eigenvalue weighted by molar-refractivity contribution is -0.136. The van der Waals surface area contributed by atoms with Crippen molar-refractivity contribution in [3.8, 4) is 0 Å². The molecule has 1 atom stereocenters. The summed E-state index contributed by atoms with van der Waals surface area (Å²) in [5.74, 6) is -2.19. The summed E-state index contributed by atoms with van der Waals surface area (Å²) in [6.45, 7) is 1.69. The van der Waals surface area contributed by atoms with Gasteiger partial charge in [0.25, 0.3) is 5.56 Å². The molecule has 1 aliphatic rings. The van der Waals surface area contributed by atoms with E-state index >= 15 is 0 Å². The molecule has 1 unspecified atom stereocenters. The minimum Gasteiger partial charge on any atom is -0.370 e. The molecule has 2 amide bonds. The van der Waals surface area contributed by atoms with Crippen molar-refractivity contribution in [2.75, 3.05) is 29.9 Å². The Morgan fingerprint density at radius 3 is 2.81 bits per heavy atom. The smallest absolute Gasteiger partial charge is 0.313 e. The molecular weight excluding hydrogens is 353 g/mol. The van der Waals surface area contributed by atoms with Crippen molar-refractivity contribution in [2.45, 2.75) is 6.42 Å². The van der Waals surface area contributed by atoms with Crippen molar-refractivity contribution < 1.29 is 14.0 Å². The normalized spacial score (nSPS) is 16.2. The van der Waals surface area contributed by atoms with Crippen LogP contribution in [-0.4, -0.2) is 41.2 Å². The number of carbonyl (C=O) groups excluding carboxylic acids is 2. The number of halogens is 1. The molecule has 0 spiro atoms. The third-order valence-corrected chi connectivity index (χ3v) is 4.48. The van der Waals surface area contributed by atoms with E-state index < -0.39 is 17.6 Å². The highest BCUT2D eigenvalue weighted by molar-refractivity contribution is 6.39. The van der Waals surface area contributed by atoms with Gasteiger partial charge in [-0.15, -0.1) is 0 Å².